The van der Waals surface area contributed by atoms with Crippen LogP contribution in [0.3, 0.4) is 0 Å². The van der Waals surface area contributed by atoms with Gasteiger partial charge in [0.1, 0.15) is 5.82 Å². The first-order valence-electron chi connectivity index (χ1n) is 5.59. The molecule has 0 aromatic carbocycles. The van der Waals surface area contributed by atoms with Crippen LogP contribution < -0.4 is 11.1 Å². The summed E-state index contributed by atoms with van der Waals surface area (Å²) < 4.78 is 0. The van der Waals surface area contributed by atoms with Crippen LogP contribution in [0.4, 0.5) is 5.82 Å². The van der Waals surface area contributed by atoms with Crippen LogP contribution in [0, 0.1) is 12.8 Å². The molecule has 0 saturated heterocycles. The second kappa shape index (κ2) is 6.40. The van der Waals surface area contributed by atoms with E-state index in [2.05, 4.69) is 30.2 Å². The van der Waals surface area contributed by atoms with Gasteiger partial charge in [-0.15, -0.1) is 0 Å². The Morgan fingerprint density at radius 2 is 2.33 bits per heavy atom. The van der Waals surface area contributed by atoms with Crippen LogP contribution in [0.25, 0.3) is 0 Å². The Hall–Kier alpha value is -1.09. The lowest BCUT2D eigenvalue weighted by Gasteiger charge is -2.10. The van der Waals surface area contributed by atoms with Gasteiger partial charge in [-0.25, -0.2) is 4.98 Å². The largest absolute Gasteiger partial charge is 0.370 e. The molecular formula is C12H21N3. The highest BCUT2D eigenvalue weighted by atomic mass is 15.0. The van der Waals surface area contributed by atoms with Crippen molar-refractivity contribution in [1.29, 1.82) is 0 Å². The number of anilines is 1. The molecule has 0 aliphatic rings. The third kappa shape index (κ3) is 4.30. The quantitative estimate of drug-likeness (QED) is 0.703. The Bertz CT molecular complexity index is 286. The minimum Gasteiger partial charge on any atom is -0.370 e. The summed E-state index contributed by atoms with van der Waals surface area (Å²) in [5.41, 5.74) is 6.76. The maximum atomic E-state index is 5.56. The van der Waals surface area contributed by atoms with Gasteiger partial charge in [-0.3, -0.25) is 0 Å². The fourth-order valence-electron chi connectivity index (χ4n) is 1.45. The summed E-state index contributed by atoms with van der Waals surface area (Å²) in [5, 5.41) is 3.34. The van der Waals surface area contributed by atoms with Crippen LogP contribution in [-0.4, -0.2) is 18.1 Å². The monoisotopic (exact) mass is 207 g/mol. The van der Waals surface area contributed by atoms with Gasteiger partial charge in [-0.2, -0.15) is 0 Å². The standard InChI is InChI=1S/C12H21N3/c1-10(9-13)5-3-7-14-12-11(2)6-4-8-15-12/h4,6,8,10H,3,5,7,9,13H2,1-2H3,(H,14,15). The highest BCUT2D eigenvalue weighted by Gasteiger charge is 2.00. The molecule has 0 radical (unpaired) electrons. The molecule has 0 amide bonds. The van der Waals surface area contributed by atoms with Crippen molar-refractivity contribution in [2.75, 3.05) is 18.4 Å². The molecule has 0 saturated carbocycles. The van der Waals surface area contributed by atoms with Crippen LogP contribution in [0.5, 0.6) is 0 Å². The van der Waals surface area contributed by atoms with Crippen LogP contribution in [-0.2, 0) is 0 Å². The maximum Gasteiger partial charge on any atom is 0.128 e. The molecule has 3 heteroatoms. The second-order valence-corrected chi connectivity index (χ2v) is 4.08. The molecule has 15 heavy (non-hydrogen) atoms. The van der Waals surface area contributed by atoms with Gasteiger partial charge in [0.15, 0.2) is 0 Å². The lowest BCUT2D eigenvalue weighted by Crippen LogP contribution is -2.12. The van der Waals surface area contributed by atoms with E-state index in [1.165, 1.54) is 12.0 Å². The van der Waals surface area contributed by atoms with E-state index >= 15 is 0 Å². The number of pyridine rings is 1. The van der Waals surface area contributed by atoms with Gasteiger partial charge in [0.25, 0.3) is 0 Å². The Balaban J connectivity index is 2.23. The summed E-state index contributed by atoms with van der Waals surface area (Å²) in [6, 6.07) is 4.02. The van der Waals surface area contributed by atoms with Gasteiger partial charge in [-0.1, -0.05) is 13.0 Å². The first-order valence-corrected chi connectivity index (χ1v) is 5.59. The average Bonchev–Trinajstić information content (AvgIpc) is 2.26. The molecule has 1 rings (SSSR count). The van der Waals surface area contributed by atoms with Crippen molar-refractivity contribution in [3.63, 3.8) is 0 Å². The number of nitrogens with one attached hydrogen (secondary N) is 1. The van der Waals surface area contributed by atoms with E-state index in [0.29, 0.717) is 5.92 Å². The van der Waals surface area contributed by atoms with E-state index in [1.807, 2.05) is 12.3 Å². The van der Waals surface area contributed by atoms with Crippen molar-refractivity contribution in [1.82, 2.24) is 4.98 Å². The molecule has 1 heterocycles. The maximum absolute atomic E-state index is 5.56. The molecule has 0 fully saturated rings. The number of hydrogen-bond donors (Lipinski definition) is 2. The molecule has 1 aromatic heterocycles. The van der Waals surface area contributed by atoms with E-state index in [4.69, 9.17) is 5.73 Å². The van der Waals surface area contributed by atoms with Gasteiger partial charge in [0.2, 0.25) is 0 Å². The molecule has 3 nitrogen and oxygen atoms in total. The summed E-state index contributed by atoms with van der Waals surface area (Å²) in [7, 11) is 0. The molecule has 0 bridgehead atoms. The lowest BCUT2D eigenvalue weighted by atomic mass is 10.1. The van der Waals surface area contributed by atoms with Crippen LogP contribution in [0.15, 0.2) is 18.3 Å². The summed E-state index contributed by atoms with van der Waals surface area (Å²) in [6.07, 6.45) is 4.14. The number of nitrogens with two attached hydrogens (primary N) is 1. The molecule has 0 spiro atoms. The Morgan fingerprint density at radius 1 is 1.53 bits per heavy atom. The minimum absolute atomic E-state index is 0.622. The van der Waals surface area contributed by atoms with Crippen molar-refractivity contribution in [2.24, 2.45) is 11.7 Å². The van der Waals surface area contributed by atoms with Gasteiger partial charge >= 0.3 is 0 Å². The zero-order valence-electron chi connectivity index (χ0n) is 9.66. The predicted octanol–water partition coefficient (Wildman–Crippen LogP) is 2.18. The van der Waals surface area contributed by atoms with Crippen molar-refractivity contribution in [3.8, 4) is 0 Å². The molecule has 1 atom stereocenters. The van der Waals surface area contributed by atoms with Gasteiger partial charge in [0, 0.05) is 12.7 Å². The fourth-order valence-corrected chi connectivity index (χ4v) is 1.45. The van der Waals surface area contributed by atoms with E-state index < -0.39 is 0 Å². The predicted molar refractivity (Wildman–Crippen MR) is 64.9 cm³/mol. The number of nitrogens with zero attached hydrogens (tertiary/aromatic N) is 1. The number of aromatic nitrogens is 1. The molecule has 1 unspecified atom stereocenters. The third-order valence-electron chi connectivity index (χ3n) is 2.58. The normalized spacial score (nSPS) is 12.5. The van der Waals surface area contributed by atoms with Crippen molar-refractivity contribution in [3.05, 3.63) is 23.9 Å². The lowest BCUT2D eigenvalue weighted by molar-refractivity contribution is 0.529. The molecule has 0 aliphatic heterocycles. The topological polar surface area (TPSA) is 50.9 Å². The highest BCUT2D eigenvalue weighted by Crippen LogP contribution is 2.10. The summed E-state index contributed by atoms with van der Waals surface area (Å²) in [4.78, 5) is 4.28. The number of aryl methyl sites for hydroxylation is 1. The van der Waals surface area contributed by atoms with E-state index in [-0.39, 0.29) is 0 Å². The van der Waals surface area contributed by atoms with Crippen molar-refractivity contribution in [2.45, 2.75) is 26.7 Å². The van der Waals surface area contributed by atoms with Crippen molar-refractivity contribution < 1.29 is 0 Å². The zero-order chi connectivity index (χ0) is 11.1. The van der Waals surface area contributed by atoms with E-state index in [9.17, 15) is 0 Å². The van der Waals surface area contributed by atoms with Gasteiger partial charge in [0.05, 0.1) is 0 Å². The molecule has 0 aliphatic carbocycles. The summed E-state index contributed by atoms with van der Waals surface area (Å²) in [6.45, 7) is 6.01. The van der Waals surface area contributed by atoms with Crippen LogP contribution in [0.2, 0.25) is 0 Å². The number of hydrogen-bond acceptors (Lipinski definition) is 3. The Kier molecular flexibility index (Phi) is 5.12. The van der Waals surface area contributed by atoms with Crippen molar-refractivity contribution >= 4 is 5.82 Å². The molecule has 84 valence electrons. The first-order chi connectivity index (χ1) is 7.24. The number of rotatable bonds is 6. The van der Waals surface area contributed by atoms with Gasteiger partial charge in [-0.05, 0) is 43.9 Å². The smallest absolute Gasteiger partial charge is 0.128 e. The molecule has 1 aromatic rings. The van der Waals surface area contributed by atoms with Crippen LogP contribution >= 0.6 is 0 Å². The Labute approximate surface area is 92.1 Å². The summed E-state index contributed by atoms with van der Waals surface area (Å²) >= 11 is 0. The molecular weight excluding hydrogens is 186 g/mol. The Morgan fingerprint density at radius 3 is 3.00 bits per heavy atom. The minimum atomic E-state index is 0.622. The molecule has 3 N–H and O–H groups in total. The fraction of sp³-hybridized carbons (Fsp3) is 0.583. The first kappa shape index (κ1) is 12.0. The van der Waals surface area contributed by atoms with E-state index in [0.717, 1.165) is 25.3 Å². The van der Waals surface area contributed by atoms with E-state index in [1.54, 1.807) is 0 Å². The average molecular weight is 207 g/mol. The second-order valence-electron chi connectivity index (χ2n) is 4.08. The zero-order valence-corrected chi connectivity index (χ0v) is 9.66. The van der Waals surface area contributed by atoms with Crippen LogP contribution in [0.1, 0.15) is 25.3 Å². The SMILES string of the molecule is Cc1cccnc1NCCCC(C)CN. The highest BCUT2D eigenvalue weighted by molar-refractivity contribution is 5.42. The summed E-state index contributed by atoms with van der Waals surface area (Å²) in [5.74, 6) is 1.62. The third-order valence-corrected chi connectivity index (χ3v) is 2.58. The van der Waals surface area contributed by atoms with Gasteiger partial charge < -0.3 is 11.1 Å².